The van der Waals surface area contributed by atoms with Crippen molar-refractivity contribution in [2.75, 3.05) is 39.0 Å². The van der Waals surface area contributed by atoms with E-state index in [9.17, 15) is 31.6 Å². The second kappa shape index (κ2) is 13.2. The summed E-state index contributed by atoms with van der Waals surface area (Å²) in [4.78, 5) is 45.5. The highest BCUT2D eigenvalue weighted by Gasteiger charge is 2.52. The van der Waals surface area contributed by atoms with E-state index in [2.05, 4.69) is 22.3 Å². The predicted octanol–water partition coefficient (Wildman–Crippen LogP) is 4.47. The van der Waals surface area contributed by atoms with E-state index < -0.39 is 27.3 Å². The SMILES string of the molecule is CS(=O)(=O)c1ccc(CN2C(=O)NC3(CCN(C[C@H]4CN(C(=O)C5CCC(F)(F)CC5)C[C@@H]4c4ccccc4)CC3)C2=O)cc1.Cl. The zero-order valence-corrected chi connectivity index (χ0v) is 27.5. The number of benzene rings is 2. The van der Waals surface area contributed by atoms with Crippen molar-refractivity contribution in [3.8, 4) is 0 Å². The topological polar surface area (TPSA) is 107 Å². The highest BCUT2D eigenvalue weighted by atomic mass is 35.5. The van der Waals surface area contributed by atoms with Crippen LogP contribution in [0.5, 0.6) is 0 Å². The fourth-order valence-corrected chi connectivity index (χ4v) is 8.12. The first-order chi connectivity index (χ1) is 21.3. The molecule has 0 bridgehead atoms. The van der Waals surface area contributed by atoms with E-state index >= 15 is 0 Å². The van der Waals surface area contributed by atoms with Gasteiger partial charge in [-0.1, -0.05) is 42.5 Å². The fourth-order valence-electron chi connectivity index (χ4n) is 7.49. The molecule has 0 aromatic heterocycles. The van der Waals surface area contributed by atoms with Crippen molar-refractivity contribution in [1.29, 1.82) is 0 Å². The predicted molar refractivity (Wildman–Crippen MR) is 170 cm³/mol. The van der Waals surface area contributed by atoms with Gasteiger partial charge in [0.05, 0.1) is 11.4 Å². The van der Waals surface area contributed by atoms with Crippen LogP contribution in [0.3, 0.4) is 0 Å². The number of halogens is 3. The van der Waals surface area contributed by atoms with Gasteiger partial charge < -0.3 is 15.1 Å². The molecule has 3 heterocycles. The van der Waals surface area contributed by atoms with Gasteiger partial charge in [0.15, 0.2) is 9.84 Å². The minimum absolute atomic E-state index is 0. The second-order valence-corrected chi connectivity index (χ2v) is 15.3. The van der Waals surface area contributed by atoms with Gasteiger partial charge in [0, 0.05) is 63.7 Å². The lowest BCUT2D eigenvalue weighted by Crippen LogP contribution is -2.55. The number of carbonyl (C=O) groups excluding carboxylic acids is 3. The standard InChI is InChI=1S/C33H40F2N4O5S.ClH/c1-45(43,44)27-9-7-23(8-10-27)19-39-30(41)32(36-31(39)42)15-17-37(18-16-32)20-26-21-38(22-28(26)24-5-3-2-4-6-24)29(40)25-11-13-33(34,35)14-12-25;/h2-10,25-26,28H,11-22H2,1H3,(H,36,42);1H/t26-,28+;/m0./s1. The summed E-state index contributed by atoms with van der Waals surface area (Å²) in [6.45, 7) is 3.12. The Morgan fingerprint density at radius 2 is 1.57 bits per heavy atom. The number of hydrogen-bond acceptors (Lipinski definition) is 6. The number of nitrogens with zero attached hydrogens (tertiary/aromatic N) is 3. The summed E-state index contributed by atoms with van der Waals surface area (Å²) in [5.41, 5.74) is 0.842. The minimum atomic E-state index is -3.35. The monoisotopic (exact) mass is 678 g/mol. The van der Waals surface area contributed by atoms with Crippen LogP contribution < -0.4 is 5.32 Å². The molecule has 0 unspecified atom stereocenters. The Morgan fingerprint density at radius 1 is 0.935 bits per heavy atom. The Bertz CT molecular complexity index is 1540. The highest BCUT2D eigenvalue weighted by molar-refractivity contribution is 7.90. The Labute approximate surface area is 275 Å². The van der Waals surface area contributed by atoms with Crippen LogP contribution in [0.15, 0.2) is 59.5 Å². The molecule has 4 aliphatic rings. The number of carbonyl (C=O) groups is 3. The zero-order chi connectivity index (χ0) is 32.0. The van der Waals surface area contributed by atoms with E-state index in [1.165, 1.54) is 17.0 Å². The summed E-state index contributed by atoms with van der Waals surface area (Å²) in [6.07, 6.45) is 2.02. The summed E-state index contributed by atoms with van der Waals surface area (Å²) in [7, 11) is -3.35. The number of alkyl halides is 2. The molecule has 0 radical (unpaired) electrons. The third kappa shape index (κ3) is 7.08. The summed E-state index contributed by atoms with van der Waals surface area (Å²) in [6, 6.07) is 15.8. The maximum Gasteiger partial charge on any atom is 0.325 e. The molecular formula is C33H41ClF2N4O5S. The van der Waals surface area contributed by atoms with Crippen molar-refractivity contribution in [2.24, 2.45) is 11.8 Å². The lowest BCUT2D eigenvalue weighted by molar-refractivity contribution is -0.139. The maximum absolute atomic E-state index is 13.8. The molecule has 13 heteroatoms. The Hall–Kier alpha value is -3.09. The van der Waals surface area contributed by atoms with Gasteiger partial charge in [-0.25, -0.2) is 22.0 Å². The molecule has 2 atom stereocenters. The molecule has 1 spiro atoms. The van der Waals surface area contributed by atoms with E-state index in [1.54, 1.807) is 12.1 Å². The molecule has 1 aliphatic carbocycles. The van der Waals surface area contributed by atoms with E-state index in [0.29, 0.717) is 44.6 Å². The molecule has 3 saturated heterocycles. The molecule has 2 aromatic carbocycles. The van der Waals surface area contributed by atoms with Crippen LogP contribution >= 0.6 is 12.4 Å². The van der Waals surface area contributed by atoms with E-state index in [0.717, 1.165) is 18.4 Å². The van der Waals surface area contributed by atoms with Gasteiger partial charge in [0.25, 0.3) is 5.91 Å². The molecular weight excluding hydrogens is 638 g/mol. The quantitative estimate of drug-likeness (QED) is 0.434. The number of nitrogens with one attached hydrogen (secondary N) is 1. The smallest absolute Gasteiger partial charge is 0.325 e. The zero-order valence-electron chi connectivity index (χ0n) is 25.9. The molecule has 3 aliphatic heterocycles. The number of amides is 4. The number of piperidine rings is 1. The summed E-state index contributed by atoms with van der Waals surface area (Å²) in [5.74, 6) is -3.05. The Morgan fingerprint density at radius 3 is 2.17 bits per heavy atom. The Kier molecular flexibility index (Phi) is 9.82. The van der Waals surface area contributed by atoms with Crippen molar-refractivity contribution in [2.45, 2.75) is 67.3 Å². The highest BCUT2D eigenvalue weighted by Crippen LogP contribution is 2.40. The van der Waals surface area contributed by atoms with Crippen molar-refractivity contribution in [3.05, 3.63) is 65.7 Å². The van der Waals surface area contributed by atoms with Crippen LogP contribution in [-0.4, -0.2) is 91.4 Å². The number of urea groups is 1. The normalized spacial score (nSPS) is 25.0. The van der Waals surface area contributed by atoms with Crippen molar-refractivity contribution in [3.63, 3.8) is 0 Å². The van der Waals surface area contributed by atoms with Crippen LogP contribution in [-0.2, 0) is 26.0 Å². The largest absolute Gasteiger partial charge is 0.341 e. The van der Waals surface area contributed by atoms with Crippen LogP contribution in [0.1, 0.15) is 55.6 Å². The van der Waals surface area contributed by atoms with Crippen molar-refractivity contribution < 1.29 is 31.6 Å². The molecule has 1 saturated carbocycles. The number of likely N-dealkylation sites (tertiary alicyclic amines) is 2. The van der Waals surface area contributed by atoms with Gasteiger partial charge in [-0.15, -0.1) is 12.4 Å². The fraction of sp³-hybridized carbons (Fsp3) is 0.545. The maximum atomic E-state index is 13.8. The van der Waals surface area contributed by atoms with Gasteiger partial charge >= 0.3 is 6.03 Å². The van der Waals surface area contributed by atoms with Gasteiger partial charge in [0.1, 0.15) is 5.54 Å². The molecule has 46 heavy (non-hydrogen) atoms. The van der Waals surface area contributed by atoms with Gasteiger partial charge in [0.2, 0.25) is 11.8 Å². The summed E-state index contributed by atoms with van der Waals surface area (Å²) in [5, 5.41) is 2.95. The van der Waals surface area contributed by atoms with E-state index in [1.807, 2.05) is 23.1 Å². The van der Waals surface area contributed by atoms with E-state index in [-0.39, 0.29) is 79.1 Å². The molecule has 2 aromatic rings. The number of hydrogen-bond donors (Lipinski definition) is 1. The van der Waals surface area contributed by atoms with Crippen LogP contribution in [0.25, 0.3) is 0 Å². The van der Waals surface area contributed by atoms with E-state index in [4.69, 9.17) is 0 Å². The first kappa shape index (κ1) is 34.3. The first-order valence-corrected chi connectivity index (χ1v) is 17.6. The molecule has 9 nitrogen and oxygen atoms in total. The minimum Gasteiger partial charge on any atom is -0.341 e. The van der Waals surface area contributed by atoms with Crippen molar-refractivity contribution >= 4 is 40.1 Å². The van der Waals surface area contributed by atoms with Gasteiger partial charge in [-0.3, -0.25) is 14.5 Å². The Balaban J connectivity index is 0.00000417. The first-order valence-electron chi connectivity index (χ1n) is 15.7. The summed E-state index contributed by atoms with van der Waals surface area (Å²) >= 11 is 0. The number of sulfone groups is 1. The average Bonchev–Trinajstić information content (AvgIpc) is 3.53. The number of rotatable bonds is 7. The molecule has 1 N–H and O–H groups in total. The lowest BCUT2D eigenvalue weighted by atomic mass is 9.85. The van der Waals surface area contributed by atoms with Gasteiger partial charge in [-0.2, -0.15) is 0 Å². The van der Waals surface area contributed by atoms with Gasteiger partial charge in [-0.05, 0) is 54.9 Å². The molecule has 4 fully saturated rings. The molecule has 4 amide bonds. The molecule has 6 rings (SSSR count). The van der Waals surface area contributed by atoms with Crippen LogP contribution in [0.4, 0.5) is 13.6 Å². The lowest BCUT2D eigenvalue weighted by Gasteiger charge is -2.39. The van der Waals surface area contributed by atoms with Crippen LogP contribution in [0.2, 0.25) is 0 Å². The van der Waals surface area contributed by atoms with Crippen molar-refractivity contribution in [1.82, 2.24) is 20.0 Å². The third-order valence-electron chi connectivity index (χ3n) is 10.2. The van der Waals surface area contributed by atoms with Crippen LogP contribution in [0, 0.1) is 11.8 Å². The molecule has 250 valence electrons. The third-order valence-corrected chi connectivity index (χ3v) is 11.3. The second-order valence-electron chi connectivity index (χ2n) is 13.3. The number of imide groups is 1. The summed E-state index contributed by atoms with van der Waals surface area (Å²) < 4.78 is 51.1. The average molecular weight is 679 g/mol.